The molecule has 0 bridgehead atoms. The van der Waals surface area contributed by atoms with Crippen molar-refractivity contribution >= 4 is 17.8 Å². The van der Waals surface area contributed by atoms with Gasteiger partial charge in [0.15, 0.2) is 5.96 Å². The number of esters is 1. The van der Waals surface area contributed by atoms with Crippen molar-refractivity contribution in [2.75, 3.05) is 6.54 Å². The quantitative estimate of drug-likeness (QED) is 0.181. The van der Waals surface area contributed by atoms with E-state index in [4.69, 9.17) is 16.2 Å². The van der Waals surface area contributed by atoms with Gasteiger partial charge in [-0.15, -0.1) is 6.58 Å². The Morgan fingerprint density at radius 2 is 2.00 bits per heavy atom. The average Bonchev–Trinajstić information content (AvgIpc) is 2.63. The van der Waals surface area contributed by atoms with E-state index < -0.39 is 12.0 Å². The lowest BCUT2D eigenvalue weighted by Gasteiger charge is -2.19. The van der Waals surface area contributed by atoms with Crippen LogP contribution in [0.1, 0.15) is 31.7 Å². The van der Waals surface area contributed by atoms with Gasteiger partial charge in [0.05, 0.1) is 0 Å². The van der Waals surface area contributed by atoms with E-state index in [0.29, 0.717) is 25.8 Å². The monoisotopic (exact) mass is 360 g/mol. The Labute approximate surface area is 154 Å². The van der Waals surface area contributed by atoms with Crippen molar-refractivity contribution in [3.8, 4) is 0 Å². The molecule has 0 fully saturated rings. The SMILES string of the molecule is C=CC[C@H](NC(=O)[C@H](C)CCCN=C(N)N)C(=O)OCc1ccccc1. The summed E-state index contributed by atoms with van der Waals surface area (Å²) in [6, 6.07) is 8.62. The van der Waals surface area contributed by atoms with Gasteiger partial charge in [-0.3, -0.25) is 9.79 Å². The van der Waals surface area contributed by atoms with Crippen LogP contribution < -0.4 is 16.8 Å². The lowest BCUT2D eigenvalue weighted by atomic mass is 10.0. The summed E-state index contributed by atoms with van der Waals surface area (Å²) in [7, 11) is 0. The molecule has 0 saturated heterocycles. The number of carbonyl (C=O) groups is 2. The van der Waals surface area contributed by atoms with Crippen molar-refractivity contribution in [3.05, 3.63) is 48.6 Å². The van der Waals surface area contributed by atoms with Gasteiger partial charge in [0.2, 0.25) is 5.91 Å². The lowest BCUT2D eigenvalue weighted by molar-refractivity contribution is -0.149. The summed E-state index contributed by atoms with van der Waals surface area (Å²) in [6.07, 6.45) is 3.18. The fraction of sp³-hybridized carbons (Fsp3) is 0.421. The minimum Gasteiger partial charge on any atom is -0.459 e. The number of benzene rings is 1. The van der Waals surface area contributed by atoms with Crippen LogP contribution in [-0.4, -0.2) is 30.4 Å². The molecule has 0 aliphatic rings. The van der Waals surface area contributed by atoms with Gasteiger partial charge in [0.1, 0.15) is 12.6 Å². The van der Waals surface area contributed by atoms with Crippen LogP contribution in [0, 0.1) is 5.92 Å². The van der Waals surface area contributed by atoms with Gasteiger partial charge in [0.25, 0.3) is 0 Å². The van der Waals surface area contributed by atoms with E-state index in [1.54, 1.807) is 13.0 Å². The van der Waals surface area contributed by atoms with Gasteiger partial charge in [-0.1, -0.05) is 43.3 Å². The van der Waals surface area contributed by atoms with Crippen LogP contribution in [0.15, 0.2) is 48.0 Å². The number of nitrogens with two attached hydrogens (primary N) is 2. The first kappa shape index (κ1) is 21.2. The number of ether oxygens (including phenoxy) is 1. The van der Waals surface area contributed by atoms with Gasteiger partial charge in [0, 0.05) is 12.5 Å². The summed E-state index contributed by atoms with van der Waals surface area (Å²) in [5.41, 5.74) is 11.4. The van der Waals surface area contributed by atoms with Gasteiger partial charge in [-0.25, -0.2) is 4.79 Å². The smallest absolute Gasteiger partial charge is 0.329 e. The summed E-state index contributed by atoms with van der Waals surface area (Å²) >= 11 is 0. The van der Waals surface area contributed by atoms with Crippen molar-refractivity contribution in [3.63, 3.8) is 0 Å². The number of guanidine groups is 1. The zero-order valence-corrected chi connectivity index (χ0v) is 15.2. The second-order valence-electron chi connectivity index (χ2n) is 6.03. The van der Waals surface area contributed by atoms with E-state index >= 15 is 0 Å². The first-order chi connectivity index (χ1) is 12.4. The first-order valence-electron chi connectivity index (χ1n) is 8.61. The third-order valence-corrected chi connectivity index (χ3v) is 3.76. The zero-order valence-electron chi connectivity index (χ0n) is 15.2. The Kier molecular flexibility index (Phi) is 9.53. The molecule has 0 aromatic heterocycles. The van der Waals surface area contributed by atoms with Crippen LogP contribution in [0.25, 0.3) is 0 Å². The van der Waals surface area contributed by atoms with Crippen LogP contribution in [0.4, 0.5) is 0 Å². The Morgan fingerprint density at radius 1 is 1.31 bits per heavy atom. The van der Waals surface area contributed by atoms with Crippen molar-refractivity contribution in [1.29, 1.82) is 0 Å². The second-order valence-corrected chi connectivity index (χ2v) is 6.03. The molecule has 7 heteroatoms. The first-order valence-corrected chi connectivity index (χ1v) is 8.61. The molecule has 0 saturated carbocycles. The third-order valence-electron chi connectivity index (χ3n) is 3.76. The van der Waals surface area contributed by atoms with Crippen molar-refractivity contribution in [2.45, 2.75) is 38.8 Å². The summed E-state index contributed by atoms with van der Waals surface area (Å²) in [6.45, 7) is 6.06. The Balaban J connectivity index is 2.49. The normalized spacial score (nSPS) is 12.5. The maximum absolute atomic E-state index is 12.3. The molecule has 7 nitrogen and oxygen atoms in total. The third kappa shape index (κ3) is 8.32. The fourth-order valence-electron chi connectivity index (χ4n) is 2.26. The second kappa shape index (κ2) is 11.7. The molecule has 0 unspecified atom stereocenters. The number of rotatable bonds is 11. The molecule has 5 N–H and O–H groups in total. The van der Waals surface area contributed by atoms with Crippen LogP contribution in [0.2, 0.25) is 0 Å². The molecule has 0 heterocycles. The largest absolute Gasteiger partial charge is 0.459 e. The van der Waals surface area contributed by atoms with E-state index in [9.17, 15) is 9.59 Å². The van der Waals surface area contributed by atoms with Crippen molar-refractivity contribution < 1.29 is 14.3 Å². The van der Waals surface area contributed by atoms with Gasteiger partial charge >= 0.3 is 5.97 Å². The molecule has 142 valence electrons. The minimum atomic E-state index is -0.746. The Bertz CT molecular complexity index is 612. The summed E-state index contributed by atoms with van der Waals surface area (Å²) in [5.74, 6) is -0.916. The number of hydrogen-bond acceptors (Lipinski definition) is 4. The molecule has 2 atom stereocenters. The molecule has 0 spiro atoms. The highest BCUT2D eigenvalue weighted by molar-refractivity contribution is 5.85. The Hall–Kier alpha value is -2.83. The molecule has 0 aliphatic heterocycles. The highest BCUT2D eigenvalue weighted by Gasteiger charge is 2.23. The molecular formula is C19H28N4O3. The average molecular weight is 360 g/mol. The van der Waals surface area contributed by atoms with Gasteiger partial charge in [-0.2, -0.15) is 0 Å². The van der Waals surface area contributed by atoms with Gasteiger partial charge in [-0.05, 0) is 24.8 Å². The van der Waals surface area contributed by atoms with E-state index in [-0.39, 0.29) is 24.4 Å². The molecule has 1 amide bonds. The number of nitrogens with one attached hydrogen (secondary N) is 1. The topological polar surface area (TPSA) is 120 Å². The van der Waals surface area contributed by atoms with E-state index in [1.165, 1.54) is 0 Å². The predicted molar refractivity (Wildman–Crippen MR) is 102 cm³/mol. The van der Waals surface area contributed by atoms with Crippen LogP contribution in [-0.2, 0) is 20.9 Å². The summed E-state index contributed by atoms with van der Waals surface area (Å²) in [4.78, 5) is 28.4. The molecule has 0 aliphatic carbocycles. The highest BCUT2D eigenvalue weighted by Crippen LogP contribution is 2.09. The molecule has 1 rings (SSSR count). The standard InChI is InChI=1S/C19H28N4O3/c1-3-8-16(18(25)26-13-15-10-5-4-6-11-15)23-17(24)14(2)9-7-12-22-19(20)21/h3-6,10-11,14,16H,1,7-9,12-13H2,2H3,(H,23,24)(H4,20,21,22)/t14-,16+/m1/s1. The Morgan fingerprint density at radius 3 is 2.62 bits per heavy atom. The van der Waals surface area contributed by atoms with Gasteiger partial charge < -0.3 is 21.5 Å². The number of amides is 1. The summed E-state index contributed by atoms with van der Waals surface area (Å²) < 4.78 is 5.30. The van der Waals surface area contributed by atoms with Crippen molar-refractivity contribution in [2.24, 2.45) is 22.4 Å². The maximum Gasteiger partial charge on any atom is 0.329 e. The fourth-order valence-corrected chi connectivity index (χ4v) is 2.26. The van der Waals surface area contributed by atoms with Crippen molar-refractivity contribution in [1.82, 2.24) is 5.32 Å². The number of nitrogens with zero attached hydrogens (tertiary/aromatic N) is 1. The number of aliphatic imine (C=N–C) groups is 1. The molecule has 26 heavy (non-hydrogen) atoms. The van der Waals surface area contributed by atoms with E-state index in [2.05, 4.69) is 16.9 Å². The minimum absolute atomic E-state index is 0.0364. The molecule has 1 aromatic carbocycles. The zero-order chi connectivity index (χ0) is 19.4. The van der Waals surface area contributed by atoms with E-state index in [1.807, 2.05) is 30.3 Å². The number of carbonyl (C=O) groups excluding carboxylic acids is 2. The van der Waals surface area contributed by atoms with Crippen LogP contribution >= 0.6 is 0 Å². The molecule has 1 aromatic rings. The van der Waals surface area contributed by atoms with Crippen LogP contribution in [0.5, 0.6) is 0 Å². The van der Waals surface area contributed by atoms with E-state index in [0.717, 1.165) is 5.56 Å². The lowest BCUT2D eigenvalue weighted by Crippen LogP contribution is -2.43. The highest BCUT2D eigenvalue weighted by atomic mass is 16.5. The maximum atomic E-state index is 12.3. The molecule has 0 radical (unpaired) electrons. The number of hydrogen-bond donors (Lipinski definition) is 3. The summed E-state index contributed by atoms with van der Waals surface area (Å²) in [5, 5.41) is 2.73. The molecular weight excluding hydrogens is 332 g/mol. The predicted octanol–water partition coefficient (Wildman–Crippen LogP) is 1.48. The van der Waals surface area contributed by atoms with Crippen LogP contribution in [0.3, 0.4) is 0 Å².